The lowest BCUT2D eigenvalue weighted by molar-refractivity contribution is -0.0509. The minimum absolute atomic E-state index is 0.0296. The molecule has 0 saturated carbocycles. The van der Waals surface area contributed by atoms with E-state index in [-0.39, 0.29) is 16.9 Å². The highest BCUT2D eigenvalue weighted by Gasteiger charge is 2.48. The summed E-state index contributed by atoms with van der Waals surface area (Å²) in [5, 5.41) is 0. The van der Waals surface area contributed by atoms with Gasteiger partial charge < -0.3 is 7.25 Å². The summed E-state index contributed by atoms with van der Waals surface area (Å²) in [5.74, 6) is -0.389. The van der Waals surface area contributed by atoms with E-state index in [4.69, 9.17) is 3.07 Å². The molecule has 0 bridgehead atoms. The first kappa shape index (κ1) is 16.8. The Morgan fingerprint density at radius 2 is 1.95 bits per heavy atom. The molecule has 0 fully saturated rings. The van der Waals surface area contributed by atoms with E-state index in [9.17, 15) is 21.6 Å². The highest BCUT2D eigenvalue weighted by molar-refractivity contribution is 14.1. The third-order valence-electron chi connectivity index (χ3n) is 2.15. The van der Waals surface area contributed by atoms with Crippen molar-refractivity contribution >= 4 is 45.0 Å². The summed E-state index contributed by atoms with van der Waals surface area (Å²) in [6.45, 7) is 6.68. The van der Waals surface area contributed by atoms with Gasteiger partial charge >= 0.3 is 15.6 Å². The van der Waals surface area contributed by atoms with E-state index in [1.54, 1.807) is 23.0 Å². The van der Waals surface area contributed by atoms with Crippen LogP contribution in [0.4, 0.5) is 13.2 Å². The summed E-state index contributed by atoms with van der Waals surface area (Å²) < 4.78 is 67.5. The lowest BCUT2D eigenvalue weighted by Gasteiger charge is -2.14. The van der Waals surface area contributed by atoms with Gasteiger partial charge in [0.2, 0.25) is 0 Å². The molecule has 0 saturated heterocycles. The third-order valence-corrected chi connectivity index (χ3v) is 3.61. The maximum absolute atomic E-state index is 12.2. The van der Waals surface area contributed by atoms with E-state index in [2.05, 4.69) is 17.3 Å². The molecule has 0 radical (unpaired) electrons. The molecule has 110 valence electrons. The molecule has 0 amide bonds. The normalized spacial score (nSPS) is 11.8. The maximum Gasteiger partial charge on any atom is 0.534 e. The van der Waals surface area contributed by atoms with E-state index in [0.717, 1.165) is 0 Å². The van der Waals surface area contributed by atoms with Crippen molar-refractivity contribution < 1.29 is 28.8 Å². The number of rotatable bonds is 5. The largest absolute Gasteiger partial charge is 0.534 e. The van der Waals surface area contributed by atoms with Crippen molar-refractivity contribution in [2.45, 2.75) is 5.51 Å². The van der Waals surface area contributed by atoms with Crippen molar-refractivity contribution in [3.05, 3.63) is 42.5 Å². The van der Waals surface area contributed by atoms with Crippen LogP contribution in [0.5, 0.6) is 5.75 Å². The molecule has 4 nitrogen and oxygen atoms in total. The molecule has 0 aliphatic carbocycles. The molecule has 0 aromatic heterocycles. The van der Waals surface area contributed by atoms with Gasteiger partial charge in [-0.25, -0.2) is 0 Å². The highest BCUT2D eigenvalue weighted by Crippen LogP contribution is 2.33. The number of halogens is 4. The summed E-state index contributed by atoms with van der Waals surface area (Å²) >= 11 is 1.57. The molecular weight excluding hydrogens is 412 g/mol. The summed E-state index contributed by atoms with van der Waals surface area (Å²) in [7, 11) is -5.77. The van der Waals surface area contributed by atoms with Gasteiger partial charge in [0.05, 0.1) is 0 Å². The fraction of sp³-hybridized carbons (Fsp3) is 0.0909. The van der Waals surface area contributed by atoms with Crippen LogP contribution in [0.25, 0.3) is 11.8 Å². The van der Waals surface area contributed by atoms with Crippen LogP contribution >= 0.6 is 23.0 Å². The molecule has 0 spiro atoms. The third kappa shape index (κ3) is 3.45. The van der Waals surface area contributed by atoms with Gasteiger partial charge in [0, 0.05) is 11.1 Å². The molecule has 20 heavy (non-hydrogen) atoms. The van der Waals surface area contributed by atoms with Gasteiger partial charge in [-0.2, -0.15) is 21.6 Å². The average molecular weight is 420 g/mol. The maximum atomic E-state index is 12.2. The van der Waals surface area contributed by atoms with Crippen molar-refractivity contribution in [1.29, 1.82) is 0 Å². The second-order valence-corrected chi connectivity index (χ2v) is 5.38. The molecule has 0 aliphatic heterocycles. The molecule has 0 aliphatic rings. The molecule has 0 unspecified atom stereocenters. The second kappa shape index (κ2) is 6.04. The first-order valence-corrected chi connectivity index (χ1v) is 7.17. The SMILES string of the molecule is C=Cc1c(OI)cccc1C(=C)OS(=O)(=O)C(F)(F)F. The van der Waals surface area contributed by atoms with Crippen molar-refractivity contribution in [2.75, 3.05) is 0 Å². The fourth-order valence-electron chi connectivity index (χ4n) is 1.29. The first-order chi connectivity index (χ1) is 9.14. The first-order valence-electron chi connectivity index (χ1n) is 4.88. The minimum atomic E-state index is -5.77. The number of alkyl halides is 3. The predicted octanol–water partition coefficient (Wildman–Crippen LogP) is 3.90. The van der Waals surface area contributed by atoms with Crippen LogP contribution in [-0.2, 0) is 14.3 Å². The molecular formula is C11H8F3IO4S. The Morgan fingerprint density at radius 3 is 2.40 bits per heavy atom. The van der Waals surface area contributed by atoms with E-state index in [1.165, 1.54) is 24.3 Å². The van der Waals surface area contributed by atoms with E-state index in [1.807, 2.05) is 0 Å². The summed E-state index contributed by atoms with van der Waals surface area (Å²) in [4.78, 5) is 0. The van der Waals surface area contributed by atoms with Crippen molar-refractivity contribution in [1.82, 2.24) is 0 Å². The van der Waals surface area contributed by atoms with Gasteiger partial charge in [-0.15, -0.1) is 0 Å². The van der Waals surface area contributed by atoms with Crippen molar-refractivity contribution in [3.63, 3.8) is 0 Å². The van der Waals surface area contributed by atoms with Crippen LogP contribution in [0.1, 0.15) is 11.1 Å². The molecule has 1 rings (SSSR count). The topological polar surface area (TPSA) is 52.6 Å². The minimum Gasteiger partial charge on any atom is -0.427 e. The smallest absolute Gasteiger partial charge is 0.427 e. The van der Waals surface area contributed by atoms with Gasteiger partial charge in [0.25, 0.3) is 0 Å². The molecule has 1 aromatic rings. The van der Waals surface area contributed by atoms with Gasteiger partial charge in [0.15, 0.2) is 23.0 Å². The molecule has 0 atom stereocenters. The van der Waals surface area contributed by atoms with Crippen molar-refractivity contribution in [2.24, 2.45) is 0 Å². The fourth-order valence-corrected chi connectivity index (χ4v) is 2.12. The Hall–Kier alpha value is -1.23. The zero-order valence-electron chi connectivity index (χ0n) is 9.78. The van der Waals surface area contributed by atoms with Crippen LogP contribution in [0.2, 0.25) is 0 Å². The summed E-state index contributed by atoms with van der Waals surface area (Å²) in [5.41, 5.74) is -5.23. The Kier molecular flexibility index (Phi) is 5.08. The standard InChI is InChI=1S/C11H8F3IO4S/c1-3-8-9(5-4-6-10(8)18-15)7(2)19-20(16,17)11(12,13)14/h3-6H,1-2H2. The zero-order valence-corrected chi connectivity index (χ0v) is 12.8. The molecule has 9 heteroatoms. The number of hydrogen-bond donors (Lipinski definition) is 0. The zero-order chi connectivity index (χ0) is 15.6. The predicted molar refractivity (Wildman–Crippen MR) is 76.3 cm³/mol. The second-order valence-electron chi connectivity index (χ2n) is 3.41. The van der Waals surface area contributed by atoms with Crippen LogP contribution in [0.15, 0.2) is 31.4 Å². The molecule has 0 heterocycles. The average Bonchev–Trinajstić information content (AvgIpc) is 2.35. The molecule has 1 aromatic carbocycles. The Balaban J connectivity index is 3.21. The van der Waals surface area contributed by atoms with Gasteiger partial charge in [-0.05, 0) is 6.07 Å². The van der Waals surface area contributed by atoms with Crippen LogP contribution in [-0.4, -0.2) is 13.9 Å². The van der Waals surface area contributed by atoms with Crippen LogP contribution in [0.3, 0.4) is 0 Å². The van der Waals surface area contributed by atoms with Gasteiger partial charge in [-0.3, -0.25) is 0 Å². The van der Waals surface area contributed by atoms with Gasteiger partial charge in [0.1, 0.15) is 11.5 Å². The summed E-state index contributed by atoms with van der Waals surface area (Å²) in [6, 6.07) is 4.31. The Bertz CT molecular complexity index is 638. The monoisotopic (exact) mass is 420 g/mol. The lowest BCUT2D eigenvalue weighted by Crippen LogP contribution is -2.25. The Morgan fingerprint density at radius 1 is 1.35 bits per heavy atom. The van der Waals surface area contributed by atoms with Gasteiger partial charge in [-0.1, -0.05) is 31.4 Å². The highest BCUT2D eigenvalue weighted by atomic mass is 127. The van der Waals surface area contributed by atoms with E-state index >= 15 is 0 Å². The Labute approximate surface area is 127 Å². The summed E-state index contributed by atoms with van der Waals surface area (Å²) in [6.07, 6.45) is 1.29. The number of hydrogen-bond acceptors (Lipinski definition) is 4. The molecule has 0 N–H and O–H groups in total. The van der Waals surface area contributed by atoms with Crippen LogP contribution < -0.4 is 3.07 Å². The van der Waals surface area contributed by atoms with Crippen LogP contribution in [0, 0.1) is 0 Å². The van der Waals surface area contributed by atoms with E-state index in [0.29, 0.717) is 0 Å². The van der Waals surface area contributed by atoms with E-state index < -0.39 is 21.4 Å². The lowest BCUT2D eigenvalue weighted by atomic mass is 10.1. The quantitative estimate of drug-likeness (QED) is 0.314. The van der Waals surface area contributed by atoms with Crippen molar-refractivity contribution in [3.8, 4) is 5.75 Å². The number of benzene rings is 1.